The van der Waals surface area contributed by atoms with Gasteiger partial charge in [-0.1, -0.05) is 0 Å². The Hall–Kier alpha value is -1.36. The number of aliphatic carboxylic acids is 1. The molecule has 2 fully saturated rings. The quantitative estimate of drug-likeness (QED) is 0.771. The van der Waals surface area contributed by atoms with Crippen LogP contribution in [0.5, 0.6) is 0 Å². The second-order valence-corrected chi connectivity index (χ2v) is 7.80. The zero-order valence-electron chi connectivity index (χ0n) is 12.1. The van der Waals surface area contributed by atoms with E-state index in [1.165, 1.54) is 0 Å². The van der Waals surface area contributed by atoms with Crippen molar-refractivity contribution in [3.8, 4) is 0 Å². The summed E-state index contributed by atoms with van der Waals surface area (Å²) in [6.07, 6.45) is -4.50. The summed E-state index contributed by atoms with van der Waals surface area (Å²) in [6, 6.07) is 0. The number of likely N-dealkylation sites (tertiary alicyclic amines) is 1. The molecule has 2 aliphatic heterocycles. The summed E-state index contributed by atoms with van der Waals surface area (Å²) < 4.78 is 62.9. The third-order valence-corrected chi connectivity index (χ3v) is 6.14. The first-order valence-corrected chi connectivity index (χ1v) is 8.68. The highest BCUT2D eigenvalue weighted by molar-refractivity contribution is 7.89. The molecule has 132 valence electrons. The number of carbonyl (C=O) groups excluding carboxylic acids is 1. The van der Waals surface area contributed by atoms with Crippen LogP contribution in [0.3, 0.4) is 0 Å². The van der Waals surface area contributed by atoms with Crippen molar-refractivity contribution in [2.75, 3.05) is 31.9 Å². The van der Waals surface area contributed by atoms with Gasteiger partial charge in [0.2, 0.25) is 15.9 Å². The van der Waals surface area contributed by atoms with E-state index in [1.54, 1.807) is 0 Å². The van der Waals surface area contributed by atoms with Crippen molar-refractivity contribution >= 4 is 21.9 Å². The molecule has 0 bridgehead atoms. The third-order valence-electron chi connectivity index (χ3n) is 4.19. The number of carboxylic acid groups (broad SMARTS) is 1. The van der Waals surface area contributed by atoms with Crippen LogP contribution >= 0.6 is 0 Å². The van der Waals surface area contributed by atoms with Crippen molar-refractivity contribution < 1.29 is 36.3 Å². The Balaban J connectivity index is 1.97. The number of nitrogens with zero attached hydrogens (tertiary/aromatic N) is 2. The van der Waals surface area contributed by atoms with Gasteiger partial charge in [-0.05, 0) is 6.42 Å². The fraction of sp³-hybridized carbons (Fsp3) is 0.833. The Bertz CT molecular complexity index is 592. The third kappa shape index (κ3) is 3.94. The fourth-order valence-electron chi connectivity index (χ4n) is 2.91. The van der Waals surface area contributed by atoms with Crippen LogP contribution in [-0.2, 0) is 19.6 Å². The molecule has 2 aliphatic rings. The molecule has 0 saturated carbocycles. The zero-order valence-corrected chi connectivity index (χ0v) is 12.9. The summed E-state index contributed by atoms with van der Waals surface area (Å²) >= 11 is 0. The smallest absolute Gasteiger partial charge is 0.394 e. The average molecular weight is 358 g/mol. The molecule has 0 aromatic heterocycles. The number of carbonyl (C=O) groups is 2. The number of alkyl halides is 3. The Morgan fingerprint density at radius 3 is 2.30 bits per heavy atom. The van der Waals surface area contributed by atoms with E-state index in [-0.39, 0.29) is 18.7 Å². The number of halogens is 3. The van der Waals surface area contributed by atoms with Crippen LogP contribution in [-0.4, -0.2) is 72.7 Å². The highest BCUT2D eigenvalue weighted by atomic mass is 32.2. The lowest BCUT2D eigenvalue weighted by molar-refractivity contribution is -0.188. The van der Waals surface area contributed by atoms with Crippen molar-refractivity contribution in [1.82, 2.24) is 9.21 Å². The lowest BCUT2D eigenvalue weighted by Gasteiger charge is -2.19. The molecule has 0 spiro atoms. The number of amides is 1. The second kappa shape index (κ2) is 6.27. The number of sulfonamides is 1. The van der Waals surface area contributed by atoms with Crippen molar-refractivity contribution in [2.45, 2.75) is 19.0 Å². The van der Waals surface area contributed by atoms with Gasteiger partial charge in [0.1, 0.15) is 0 Å². The van der Waals surface area contributed by atoms with Gasteiger partial charge in [-0.15, -0.1) is 0 Å². The highest BCUT2D eigenvalue weighted by Crippen LogP contribution is 2.37. The van der Waals surface area contributed by atoms with E-state index in [2.05, 4.69) is 0 Å². The van der Waals surface area contributed by atoms with E-state index in [0.717, 1.165) is 9.21 Å². The van der Waals surface area contributed by atoms with E-state index < -0.39 is 53.0 Å². The predicted molar refractivity (Wildman–Crippen MR) is 71.8 cm³/mol. The van der Waals surface area contributed by atoms with Gasteiger partial charge in [0.15, 0.2) is 0 Å². The number of carboxylic acids is 1. The molecule has 0 aromatic rings. The number of hydrogen-bond acceptors (Lipinski definition) is 4. The molecule has 2 atom stereocenters. The van der Waals surface area contributed by atoms with Gasteiger partial charge in [-0.2, -0.15) is 13.2 Å². The topological polar surface area (TPSA) is 95.0 Å². The van der Waals surface area contributed by atoms with Crippen LogP contribution in [0.1, 0.15) is 12.8 Å². The lowest BCUT2D eigenvalue weighted by Crippen LogP contribution is -2.35. The molecule has 0 unspecified atom stereocenters. The molecule has 1 N–H and O–H groups in total. The summed E-state index contributed by atoms with van der Waals surface area (Å²) in [5, 5.41) is 8.89. The van der Waals surface area contributed by atoms with E-state index in [9.17, 15) is 31.2 Å². The molecule has 7 nitrogen and oxygen atoms in total. The van der Waals surface area contributed by atoms with Crippen LogP contribution in [0.4, 0.5) is 13.2 Å². The number of rotatable bonds is 4. The molecule has 0 radical (unpaired) electrons. The maximum absolute atomic E-state index is 12.9. The summed E-state index contributed by atoms with van der Waals surface area (Å²) in [4.78, 5) is 23.8. The minimum atomic E-state index is -4.70. The maximum Gasteiger partial charge on any atom is 0.394 e. The van der Waals surface area contributed by atoms with Crippen LogP contribution in [0.2, 0.25) is 0 Å². The first-order valence-electron chi connectivity index (χ1n) is 7.07. The Labute approximate surface area is 131 Å². The van der Waals surface area contributed by atoms with Crippen molar-refractivity contribution in [3.63, 3.8) is 0 Å². The molecule has 11 heteroatoms. The van der Waals surface area contributed by atoms with E-state index in [4.69, 9.17) is 5.11 Å². The lowest BCUT2D eigenvalue weighted by atomic mass is 9.96. The van der Waals surface area contributed by atoms with Gasteiger partial charge in [-0.3, -0.25) is 9.59 Å². The monoisotopic (exact) mass is 358 g/mol. The predicted octanol–water partition coefficient (Wildman–Crippen LogP) is 0.133. The first kappa shape index (κ1) is 18.0. The fourth-order valence-corrected chi connectivity index (χ4v) is 4.44. The van der Waals surface area contributed by atoms with Crippen molar-refractivity contribution in [1.29, 1.82) is 0 Å². The zero-order chi connectivity index (χ0) is 17.4. The normalized spacial score (nSPS) is 28.2. The molecule has 2 saturated heterocycles. The van der Waals surface area contributed by atoms with Crippen LogP contribution < -0.4 is 0 Å². The Kier molecular flexibility index (Phi) is 4.90. The second-order valence-electron chi connectivity index (χ2n) is 5.71. The minimum Gasteiger partial charge on any atom is -0.481 e. The van der Waals surface area contributed by atoms with Gasteiger partial charge in [0.25, 0.3) is 0 Å². The van der Waals surface area contributed by atoms with E-state index >= 15 is 0 Å². The summed E-state index contributed by atoms with van der Waals surface area (Å²) in [5.41, 5.74) is 0. The van der Waals surface area contributed by atoms with Crippen molar-refractivity contribution in [2.24, 2.45) is 11.8 Å². The average Bonchev–Trinajstić information content (AvgIpc) is 2.99. The van der Waals surface area contributed by atoms with Crippen LogP contribution in [0.15, 0.2) is 0 Å². The van der Waals surface area contributed by atoms with Gasteiger partial charge < -0.3 is 10.0 Å². The van der Waals surface area contributed by atoms with E-state index in [1.807, 2.05) is 0 Å². The largest absolute Gasteiger partial charge is 0.481 e. The number of hydrogen-bond donors (Lipinski definition) is 1. The molecular formula is C12H17F3N2O5S. The first-order chi connectivity index (χ1) is 10.5. The Morgan fingerprint density at radius 2 is 1.87 bits per heavy atom. The molecule has 0 aromatic carbocycles. The minimum absolute atomic E-state index is 0.00212. The van der Waals surface area contributed by atoms with Crippen LogP contribution in [0, 0.1) is 11.8 Å². The Morgan fingerprint density at radius 1 is 1.22 bits per heavy atom. The molecule has 23 heavy (non-hydrogen) atoms. The summed E-state index contributed by atoms with van der Waals surface area (Å²) in [7, 11) is -3.38. The highest BCUT2D eigenvalue weighted by Gasteiger charge is 2.53. The maximum atomic E-state index is 12.9. The molecule has 0 aliphatic carbocycles. The molecule has 2 rings (SSSR count). The van der Waals surface area contributed by atoms with Gasteiger partial charge >= 0.3 is 12.1 Å². The molecule has 1 amide bonds. The SMILES string of the molecule is O=C(O)[C@@H]1CN(C(=O)CCN2CCCS2(=O)=O)C[C@H]1C(F)(F)F. The summed E-state index contributed by atoms with van der Waals surface area (Å²) in [5.74, 6) is -6.04. The standard InChI is InChI=1S/C12H17F3N2O5S/c13-12(14,15)9-7-16(6-8(9)11(19)20)10(18)2-4-17-3-1-5-23(17,21)22/h8-9H,1-7H2,(H,19,20)/t8-,9-/m1/s1. The van der Waals surface area contributed by atoms with Crippen LogP contribution in [0.25, 0.3) is 0 Å². The van der Waals surface area contributed by atoms with Crippen molar-refractivity contribution in [3.05, 3.63) is 0 Å². The van der Waals surface area contributed by atoms with Gasteiger partial charge in [0, 0.05) is 32.6 Å². The summed E-state index contributed by atoms with van der Waals surface area (Å²) in [6.45, 7) is -1.01. The molecular weight excluding hydrogens is 341 g/mol. The molecule has 2 heterocycles. The van der Waals surface area contributed by atoms with Gasteiger partial charge in [-0.25, -0.2) is 12.7 Å². The van der Waals surface area contributed by atoms with E-state index in [0.29, 0.717) is 13.0 Å². The van der Waals surface area contributed by atoms with Gasteiger partial charge in [0.05, 0.1) is 17.6 Å².